The summed E-state index contributed by atoms with van der Waals surface area (Å²) in [6, 6.07) is 5.62. The van der Waals surface area contributed by atoms with E-state index in [0.29, 0.717) is 16.6 Å². The van der Waals surface area contributed by atoms with E-state index in [1.165, 1.54) is 6.33 Å². The third kappa shape index (κ3) is 3.43. The van der Waals surface area contributed by atoms with Gasteiger partial charge >= 0.3 is 0 Å². The molecule has 0 bridgehead atoms. The lowest BCUT2D eigenvalue weighted by molar-refractivity contribution is 0.672. The number of H-pyrrole nitrogens is 1. The molecule has 6 heteroatoms. The first kappa shape index (κ1) is 12.4. The van der Waals surface area contributed by atoms with Crippen LogP contribution in [0.2, 0.25) is 10.0 Å². The van der Waals surface area contributed by atoms with E-state index in [1.807, 2.05) is 12.1 Å². The lowest BCUT2D eigenvalue weighted by atomic mass is 10.2. The minimum Gasteiger partial charge on any atom is -0.312 e. The van der Waals surface area contributed by atoms with Gasteiger partial charge in [0.1, 0.15) is 12.2 Å². The van der Waals surface area contributed by atoms with Crippen LogP contribution >= 0.6 is 23.2 Å². The number of aromatic amines is 1. The number of halogens is 2. The van der Waals surface area contributed by atoms with Gasteiger partial charge in [-0.1, -0.05) is 35.3 Å². The Kier molecular flexibility index (Phi) is 4.36. The Hall–Kier alpha value is -1.10. The van der Waals surface area contributed by atoms with Gasteiger partial charge in [-0.2, -0.15) is 5.10 Å². The molecule has 0 spiro atoms. The van der Waals surface area contributed by atoms with E-state index in [1.54, 1.807) is 6.07 Å². The van der Waals surface area contributed by atoms with Gasteiger partial charge in [0.05, 0.1) is 10.0 Å². The predicted octanol–water partition coefficient (Wildman–Crippen LogP) is 2.44. The second-order valence-corrected chi connectivity index (χ2v) is 4.36. The topological polar surface area (TPSA) is 53.6 Å². The molecule has 0 aliphatic heterocycles. The number of nitrogens with zero attached hydrogens (tertiary/aromatic N) is 2. The van der Waals surface area contributed by atoms with Crippen LogP contribution in [0.25, 0.3) is 0 Å². The highest BCUT2D eigenvalue weighted by molar-refractivity contribution is 6.42. The number of hydrogen-bond acceptors (Lipinski definition) is 3. The van der Waals surface area contributed by atoms with E-state index in [2.05, 4.69) is 20.5 Å². The fourth-order valence-corrected chi connectivity index (χ4v) is 1.85. The van der Waals surface area contributed by atoms with Crippen LogP contribution in [0.15, 0.2) is 24.5 Å². The number of nitrogens with one attached hydrogen (secondary N) is 2. The van der Waals surface area contributed by atoms with Crippen molar-refractivity contribution in [2.75, 3.05) is 6.54 Å². The van der Waals surface area contributed by atoms with Gasteiger partial charge in [-0.05, 0) is 11.6 Å². The van der Waals surface area contributed by atoms with Gasteiger partial charge in [-0.25, -0.2) is 4.98 Å². The molecule has 0 fully saturated rings. The van der Waals surface area contributed by atoms with Crippen molar-refractivity contribution in [3.8, 4) is 0 Å². The molecule has 0 saturated carbocycles. The maximum atomic E-state index is 6.07. The zero-order chi connectivity index (χ0) is 12.1. The third-order valence-corrected chi connectivity index (χ3v) is 3.21. The Labute approximate surface area is 109 Å². The summed E-state index contributed by atoms with van der Waals surface area (Å²) in [5.74, 6) is 0.870. The molecule has 90 valence electrons. The number of benzene rings is 1. The van der Waals surface area contributed by atoms with Gasteiger partial charge in [-0.15, -0.1) is 0 Å². The van der Waals surface area contributed by atoms with Crippen molar-refractivity contribution in [1.29, 1.82) is 0 Å². The molecule has 4 nitrogen and oxygen atoms in total. The molecule has 1 aromatic carbocycles. The van der Waals surface area contributed by atoms with Gasteiger partial charge in [0.25, 0.3) is 0 Å². The molecule has 2 aromatic rings. The van der Waals surface area contributed by atoms with Crippen molar-refractivity contribution < 1.29 is 0 Å². The molecule has 2 rings (SSSR count). The number of rotatable bonds is 5. The average Bonchev–Trinajstić information content (AvgIpc) is 2.83. The summed E-state index contributed by atoms with van der Waals surface area (Å²) in [4.78, 5) is 4.04. The second-order valence-electron chi connectivity index (χ2n) is 3.57. The van der Waals surface area contributed by atoms with E-state index in [-0.39, 0.29) is 0 Å². The van der Waals surface area contributed by atoms with E-state index < -0.39 is 0 Å². The highest BCUT2D eigenvalue weighted by Crippen LogP contribution is 2.25. The quantitative estimate of drug-likeness (QED) is 0.821. The van der Waals surface area contributed by atoms with Crippen LogP contribution in [0.3, 0.4) is 0 Å². The molecule has 0 atom stereocenters. The highest BCUT2D eigenvalue weighted by Gasteiger charge is 2.03. The van der Waals surface area contributed by atoms with Gasteiger partial charge in [-0.3, -0.25) is 5.10 Å². The monoisotopic (exact) mass is 270 g/mol. The first-order chi connectivity index (χ1) is 8.27. The second kappa shape index (κ2) is 6.00. The normalized spacial score (nSPS) is 10.7. The van der Waals surface area contributed by atoms with Crippen LogP contribution in [-0.2, 0) is 13.0 Å². The van der Waals surface area contributed by atoms with Crippen molar-refractivity contribution in [3.63, 3.8) is 0 Å². The van der Waals surface area contributed by atoms with Crippen LogP contribution in [0, 0.1) is 0 Å². The Bertz CT molecular complexity index is 470. The van der Waals surface area contributed by atoms with E-state index in [0.717, 1.165) is 24.4 Å². The van der Waals surface area contributed by atoms with E-state index >= 15 is 0 Å². The summed E-state index contributed by atoms with van der Waals surface area (Å²) in [7, 11) is 0. The maximum Gasteiger partial charge on any atom is 0.137 e. The van der Waals surface area contributed by atoms with Crippen molar-refractivity contribution in [1.82, 2.24) is 20.5 Å². The SMILES string of the molecule is Clc1cccc(CNCCc2ncn[nH]2)c1Cl. The van der Waals surface area contributed by atoms with E-state index in [4.69, 9.17) is 23.2 Å². The minimum absolute atomic E-state index is 0.584. The first-order valence-corrected chi connectivity index (χ1v) is 6.01. The number of aromatic nitrogens is 3. The summed E-state index contributed by atoms with van der Waals surface area (Å²) in [5, 5.41) is 11.1. The molecule has 2 N–H and O–H groups in total. The molecule has 0 saturated heterocycles. The molecule has 0 aliphatic rings. The summed E-state index contributed by atoms with van der Waals surface area (Å²) >= 11 is 12.0. The van der Waals surface area contributed by atoms with Crippen LogP contribution < -0.4 is 5.32 Å². The molecular formula is C11H12Cl2N4. The summed E-state index contributed by atoms with van der Waals surface area (Å²) in [6.45, 7) is 1.49. The van der Waals surface area contributed by atoms with Crippen LogP contribution in [0.4, 0.5) is 0 Å². The van der Waals surface area contributed by atoms with Gasteiger partial charge in [0.2, 0.25) is 0 Å². The Morgan fingerprint density at radius 2 is 2.18 bits per heavy atom. The molecule has 1 heterocycles. The van der Waals surface area contributed by atoms with Crippen molar-refractivity contribution >= 4 is 23.2 Å². The maximum absolute atomic E-state index is 6.07. The van der Waals surface area contributed by atoms with Gasteiger partial charge < -0.3 is 5.32 Å². The lowest BCUT2D eigenvalue weighted by Gasteiger charge is -2.06. The predicted molar refractivity (Wildman–Crippen MR) is 68.3 cm³/mol. The van der Waals surface area contributed by atoms with Crippen molar-refractivity contribution in [2.45, 2.75) is 13.0 Å². The zero-order valence-electron chi connectivity index (χ0n) is 9.08. The molecule has 0 amide bonds. The van der Waals surface area contributed by atoms with E-state index in [9.17, 15) is 0 Å². The smallest absolute Gasteiger partial charge is 0.137 e. The molecule has 0 radical (unpaired) electrons. The molecule has 0 unspecified atom stereocenters. The minimum atomic E-state index is 0.584. The standard InChI is InChI=1S/C11H12Cl2N4/c12-9-3-1-2-8(11(9)13)6-14-5-4-10-15-7-16-17-10/h1-3,7,14H,4-6H2,(H,15,16,17). The molecule has 1 aromatic heterocycles. The highest BCUT2D eigenvalue weighted by atomic mass is 35.5. The summed E-state index contributed by atoms with van der Waals surface area (Å²) in [6.07, 6.45) is 2.31. The van der Waals surface area contributed by atoms with Crippen molar-refractivity contribution in [2.24, 2.45) is 0 Å². The summed E-state index contributed by atoms with van der Waals surface area (Å²) < 4.78 is 0. The van der Waals surface area contributed by atoms with Gasteiger partial charge in [0, 0.05) is 19.5 Å². The fraction of sp³-hybridized carbons (Fsp3) is 0.273. The largest absolute Gasteiger partial charge is 0.312 e. The van der Waals surface area contributed by atoms with Crippen LogP contribution in [-0.4, -0.2) is 21.7 Å². The first-order valence-electron chi connectivity index (χ1n) is 5.25. The zero-order valence-corrected chi connectivity index (χ0v) is 10.6. The average molecular weight is 271 g/mol. The Balaban J connectivity index is 1.80. The molecule has 0 aliphatic carbocycles. The van der Waals surface area contributed by atoms with Crippen molar-refractivity contribution in [3.05, 3.63) is 46.0 Å². The number of hydrogen-bond donors (Lipinski definition) is 2. The Morgan fingerprint density at radius 3 is 2.94 bits per heavy atom. The van der Waals surface area contributed by atoms with Crippen LogP contribution in [0.1, 0.15) is 11.4 Å². The third-order valence-electron chi connectivity index (χ3n) is 2.35. The van der Waals surface area contributed by atoms with Crippen LogP contribution in [0.5, 0.6) is 0 Å². The fourth-order valence-electron chi connectivity index (χ4n) is 1.47. The lowest BCUT2D eigenvalue weighted by Crippen LogP contribution is -2.17. The molecule has 17 heavy (non-hydrogen) atoms. The van der Waals surface area contributed by atoms with Gasteiger partial charge in [0.15, 0.2) is 0 Å². The molecular weight excluding hydrogens is 259 g/mol. The Morgan fingerprint density at radius 1 is 1.29 bits per heavy atom. The summed E-state index contributed by atoms with van der Waals surface area (Å²) in [5.41, 5.74) is 0.997.